The van der Waals surface area contributed by atoms with E-state index in [1.165, 1.54) is 22.9 Å². The van der Waals surface area contributed by atoms with Crippen LogP contribution in [-0.4, -0.2) is 44.9 Å². The molecule has 0 spiro atoms. The monoisotopic (exact) mass is 444 g/mol. The maximum absolute atomic E-state index is 13.0. The number of hydrogen-bond acceptors (Lipinski definition) is 5. The van der Waals surface area contributed by atoms with Gasteiger partial charge in [0.15, 0.2) is 11.5 Å². The van der Waals surface area contributed by atoms with E-state index in [2.05, 4.69) is 5.32 Å². The van der Waals surface area contributed by atoms with Crippen LogP contribution in [0.1, 0.15) is 48.9 Å². The number of ether oxygens (including phenoxy) is 2. The minimum absolute atomic E-state index is 0.0533. The van der Waals surface area contributed by atoms with Gasteiger partial charge in [-0.2, -0.15) is 4.31 Å². The lowest BCUT2D eigenvalue weighted by Crippen LogP contribution is -2.38. The minimum atomic E-state index is -3.56. The molecule has 2 aromatic rings. The van der Waals surface area contributed by atoms with E-state index in [1.54, 1.807) is 37.4 Å². The summed E-state index contributed by atoms with van der Waals surface area (Å²) < 4.78 is 38.7. The van der Waals surface area contributed by atoms with Crippen LogP contribution in [0, 0.1) is 0 Å². The Labute approximate surface area is 183 Å². The number of benzene rings is 2. The maximum Gasteiger partial charge on any atom is 0.255 e. The van der Waals surface area contributed by atoms with Crippen LogP contribution in [-0.2, 0) is 10.0 Å². The number of nitrogens with zero attached hydrogens (tertiary/aromatic N) is 1. The first-order chi connectivity index (χ1) is 14.9. The lowest BCUT2D eigenvalue weighted by atomic mass is 9.96. The molecule has 4 rings (SSSR count). The van der Waals surface area contributed by atoms with Gasteiger partial charge in [0.1, 0.15) is 0 Å². The van der Waals surface area contributed by atoms with Gasteiger partial charge in [-0.3, -0.25) is 4.79 Å². The number of sulfonamides is 1. The topological polar surface area (TPSA) is 84.9 Å². The van der Waals surface area contributed by atoms with Crippen molar-refractivity contribution >= 4 is 21.6 Å². The van der Waals surface area contributed by atoms with E-state index in [-0.39, 0.29) is 16.8 Å². The number of rotatable bonds is 5. The molecule has 2 aromatic carbocycles. The van der Waals surface area contributed by atoms with Gasteiger partial charge in [-0.15, -0.1) is 0 Å². The second-order valence-corrected chi connectivity index (χ2v) is 10.0. The third kappa shape index (κ3) is 4.85. The number of amides is 1. The van der Waals surface area contributed by atoms with E-state index in [9.17, 15) is 13.2 Å². The summed E-state index contributed by atoms with van der Waals surface area (Å²) in [5.41, 5.74) is 0.967. The van der Waals surface area contributed by atoms with Crippen molar-refractivity contribution in [3.63, 3.8) is 0 Å². The molecule has 8 heteroatoms. The lowest BCUT2D eigenvalue weighted by molar-refractivity contribution is 0.102. The Morgan fingerprint density at radius 2 is 1.61 bits per heavy atom. The number of nitrogens with one attached hydrogen (secondary N) is 1. The van der Waals surface area contributed by atoms with Crippen molar-refractivity contribution in [1.29, 1.82) is 0 Å². The molecule has 1 N–H and O–H groups in total. The quantitative estimate of drug-likeness (QED) is 0.752. The molecule has 0 radical (unpaired) electrons. The first-order valence-electron chi connectivity index (χ1n) is 10.7. The fourth-order valence-electron chi connectivity index (χ4n) is 4.03. The first-order valence-corrected chi connectivity index (χ1v) is 12.2. The van der Waals surface area contributed by atoms with Crippen molar-refractivity contribution in [3.05, 3.63) is 48.0 Å². The maximum atomic E-state index is 13.0. The van der Waals surface area contributed by atoms with Crippen molar-refractivity contribution in [2.24, 2.45) is 0 Å². The number of anilines is 1. The molecule has 2 aliphatic rings. The van der Waals surface area contributed by atoms with Crippen molar-refractivity contribution < 1.29 is 22.7 Å². The highest BCUT2D eigenvalue weighted by Crippen LogP contribution is 2.31. The van der Waals surface area contributed by atoms with E-state index in [1.807, 2.05) is 0 Å². The fourth-order valence-corrected chi connectivity index (χ4v) is 5.44. The Hall–Kier alpha value is -2.58. The van der Waals surface area contributed by atoms with Crippen molar-refractivity contribution in [1.82, 2.24) is 4.31 Å². The summed E-state index contributed by atoms with van der Waals surface area (Å²) in [5, 5.41) is 2.81. The van der Waals surface area contributed by atoms with Crippen LogP contribution in [0.4, 0.5) is 5.69 Å². The molecule has 1 aliphatic heterocycles. The van der Waals surface area contributed by atoms with E-state index >= 15 is 0 Å². The Kier molecular flexibility index (Phi) is 6.48. The van der Waals surface area contributed by atoms with E-state index in [0.29, 0.717) is 36.0 Å². The third-order valence-corrected chi connectivity index (χ3v) is 7.81. The predicted molar refractivity (Wildman–Crippen MR) is 118 cm³/mol. The van der Waals surface area contributed by atoms with Crippen LogP contribution in [0.15, 0.2) is 47.4 Å². The van der Waals surface area contributed by atoms with E-state index in [4.69, 9.17) is 9.47 Å². The second kappa shape index (κ2) is 9.28. The van der Waals surface area contributed by atoms with Crippen LogP contribution in [0.2, 0.25) is 0 Å². The second-order valence-electron chi connectivity index (χ2n) is 8.00. The largest absolute Gasteiger partial charge is 0.490 e. The van der Waals surface area contributed by atoms with Crippen molar-refractivity contribution in [2.45, 2.75) is 49.5 Å². The Bertz CT molecular complexity index is 1030. The zero-order chi connectivity index (χ0) is 21.8. The fraction of sp³-hybridized carbons (Fsp3) is 0.435. The Morgan fingerprint density at radius 3 is 2.32 bits per heavy atom. The number of carbonyl (C=O) groups is 1. The van der Waals surface area contributed by atoms with Gasteiger partial charge >= 0.3 is 0 Å². The normalized spacial score (nSPS) is 17.2. The van der Waals surface area contributed by atoms with Gasteiger partial charge in [0, 0.05) is 30.8 Å². The molecule has 1 fully saturated rings. The molecule has 1 heterocycles. The number of hydrogen-bond donors (Lipinski definition) is 1. The summed E-state index contributed by atoms with van der Waals surface area (Å²) in [4.78, 5) is 12.9. The molecule has 0 aromatic heterocycles. The molecule has 1 saturated carbocycles. The van der Waals surface area contributed by atoms with Crippen molar-refractivity contribution in [3.8, 4) is 11.5 Å². The van der Waals surface area contributed by atoms with Gasteiger partial charge in [0.2, 0.25) is 10.0 Å². The standard InChI is InChI=1S/C23H28N2O5S/c1-25(19-6-3-2-4-7-19)31(27,28)20-11-9-18(10-12-20)24-23(26)17-8-13-21-22(16-17)30-15-5-14-29-21/h8-13,16,19H,2-7,14-15H2,1H3,(H,24,26). The van der Waals surface area contributed by atoms with Crippen LogP contribution < -0.4 is 14.8 Å². The van der Waals surface area contributed by atoms with Gasteiger partial charge in [-0.1, -0.05) is 19.3 Å². The summed E-state index contributed by atoms with van der Waals surface area (Å²) in [6.07, 6.45) is 5.90. The summed E-state index contributed by atoms with van der Waals surface area (Å²) in [6.45, 7) is 1.13. The van der Waals surface area contributed by atoms with Gasteiger partial charge in [0.25, 0.3) is 5.91 Å². The molecule has 31 heavy (non-hydrogen) atoms. The number of fused-ring (bicyclic) bond motifs is 1. The predicted octanol–water partition coefficient (Wildman–Crippen LogP) is 4.05. The zero-order valence-electron chi connectivity index (χ0n) is 17.7. The Balaban J connectivity index is 1.44. The van der Waals surface area contributed by atoms with Crippen LogP contribution in [0.25, 0.3) is 0 Å². The highest BCUT2D eigenvalue weighted by Gasteiger charge is 2.29. The molecule has 0 unspecified atom stereocenters. The zero-order valence-corrected chi connectivity index (χ0v) is 18.5. The molecule has 166 valence electrons. The van der Waals surface area contributed by atoms with Crippen LogP contribution in [0.3, 0.4) is 0 Å². The molecular formula is C23H28N2O5S. The summed E-state index contributed by atoms with van der Waals surface area (Å²) in [6, 6.07) is 11.4. The average Bonchev–Trinajstić information content (AvgIpc) is 3.04. The Morgan fingerprint density at radius 1 is 0.935 bits per heavy atom. The third-order valence-electron chi connectivity index (χ3n) is 5.89. The minimum Gasteiger partial charge on any atom is -0.490 e. The van der Waals surface area contributed by atoms with E-state index in [0.717, 1.165) is 32.1 Å². The SMILES string of the molecule is CN(C1CCCCC1)S(=O)(=O)c1ccc(NC(=O)c2ccc3c(c2)OCCCO3)cc1. The molecule has 7 nitrogen and oxygen atoms in total. The van der Waals surface area contributed by atoms with E-state index < -0.39 is 10.0 Å². The van der Waals surface area contributed by atoms with Gasteiger partial charge in [-0.25, -0.2) is 8.42 Å². The van der Waals surface area contributed by atoms with Crippen LogP contribution in [0.5, 0.6) is 11.5 Å². The van der Waals surface area contributed by atoms with Gasteiger partial charge in [0.05, 0.1) is 18.1 Å². The van der Waals surface area contributed by atoms with Crippen molar-refractivity contribution in [2.75, 3.05) is 25.6 Å². The molecule has 0 bridgehead atoms. The molecule has 0 atom stereocenters. The van der Waals surface area contributed by atoms with Crippen LogP contribution >= 0.6 is 0 Å². The molecule has 1 aliphatic carbocycles. The molecule has 1 amide bonds. The average molecular weight is 445 g/mol. The summed E-state index contributed by atoms with van der Waals surface area (Å²) >= 11 is 0. The molecular weight excluding hydrogens is 416 g/mol. The summed E-state index contributed by atoms with van der Waals surface area (Å²) in [7, 11) is -1.90. The lowest BCUT2D eigenvalue weighted by Gasteiger charge is -2.30. The highest BCUT2D eigenvalue weighted by atomic mass is 32.2. The number of carbonyl (C=O) groups excluding carboxylic acids is 1. The summed E-state index contributed by atoms with van der Waals surface area (Å²) in [5.74, 6) is 0.883. The smallest absolute Gasteiger partial charge is 0.255 e. The highest BCUT2D eigenvalue weighted by molar-refractivity contribution is 7.89. The molecule has 0 saturated heterocycles. The first kappa shape index (κ1) is 21.6. The van der Waals surface area contributed by atoms with Gasteiger partial charge < -0.3 is 14.8 Å². The van der Waals surface area contributed by atoms with Gasteiger partial charge in [-0.05, 0) is 55.3 Å².